The van der Waals surface area contributed by atoms with Gasteiger partial charge in [0.25, 0.3) is 0 Å². The molecule has 116 valence electrons. The molecule has 1 N–H and O–H groups in total. The fourth-order valence-electron chi connectivity index (χ4n) is 1.54. The van der Waals surface area contributed by atoms with Gasteiger partial charge in [0.1, 0.15) is 5.75 Å². The Balaban J connectivity index is 2.48. The van der Waals surface area contributed by atoms with Crippen LogP contribution >= 0.6 is 0 Å². The van der Waals surface area contributed by atoms with Gasteiger partial charge in [0, 0.05) is 25.3 Å². The van der Waals surface area contributed by atoms with Crippen LogP contribution in [0, 0.1) is 0 Å². The number of ether oxygens (including phenoxy) is 3. The van der Waals surface area contributed by atoms with Gasteiger partial charge in [0.15, 0.2) is 6.61 Å². The Labute approximate surface area is 124 Å². The van der Waals surface area contributed by atoms with Crippen LogP contribution in [0.15, 0.2) is 24.3 Å². The summed E-state index contributed by atoms with van der Waals surface area (Å²) in [6.45, 7) is 1.74. The summed E-state index contributed by atoms with van der Waals surface area (Å²) in [6, 6.07) is 6.84. The molecule has 0 aromatic heterocycles. The molecule has 0 radical (unpaired) electrons. The molecule has 0 fully saturated rings. The molecule has 1 aromatic carbocycles. The lowest BCUT2D eigenvalue weighted by molar-refractivity contribution is -0.142. The second-order valence-corrected chi connectivity index (χ2v) is 4.53. The number of amides is 1. The van der Waals surface area contributed by atoms with Crippen LogP contribution in [0.25, 0.3) is 0 Å². The van der Waals surface area contributed by atoms with Crippen LogP contribution < -0.4 is 10.1 Å². The van der Waals surface area contributed by atoms with E-state index in [0.717, 1.165) is 0 Å². The summed E-state index contributed by atoms with van der Waals surface area (Å²) in [7, 11) is 2.91. The molecule has 1 aromatic rings. The Morgan fingerprint density at radius 1 is 1.29 bits per heavy atom. The van der Waals surface area contributed by atoms with Gasteiger partial charge in [0.05, 0.1) is 13.2 Å². The largest absolute Gasteiger partial charge is 0.482 e. The monoisotopic (exact) mass is 295 g/mol. The Morgan fingerprint density at radius 3 is 2.71 bits per heavy atom. The van der Waals surface area contributed by atoms with Crippen LogP contribution in [0.1, 0.15) is 19.8 Å². The first-order chi connectivity index (χ1) is 10.0. The highest BCUT2D eigenvalue weighted by atomic mass is 16.6. The van der Waals surface area contributed by atoms with Gasteiger partial charge >= 0.3 is 5.97 Å². The Morgan fingerprint density at radius 2 is 2.05 bits per heavy atom. The molecule has 6 heteroatoms. The molecule has 1 unspecified atom stereocenters. The average Bonchev–Trinajstić information content (AvgIpc) is 2.50. The van der Waals surface area contributed by atoms with Crippen LogP contribution in [0.2, 0.25) is 0 Å². The standard InChI is InChI=1S/C15H21NO5/c1-11(19-2)7-8-14(17)16-12-5-4-6-13(9-12)21-10-15(18)20-3/h4-6,9,11H,7-8,10H2,1-3H3,(H,16,17). The number of methoxy groups -OCH3 is 2. The molecule has 0 saturated heterocycles. The fraction of sp³-hybridized carbons (Fsp3) is 0.467. The zero-order chi connectivity index (χ0) is 15.7. The van der Waals surface area contributed by atoms with Crippen molar-refractivity contribution in [2.45, 2.75) is 25.9 Å². The molecule has 0 aliphatic rings. The molecule has 0 spiro atoms. The summed E-state index contributed by atoms with van der Waals surface area (Å²) in [5.74, 6) is -0.0644. The minimum Gasteiger partial charge on any atom is -0.482 e. The van der Waals surface area contributed by atoms with Crippen molar-refractivity contribution in [3.63, 3.8) is 0 Å². The van der Waals surface area contributed by atoms with Gasteiger partial charge < -0.3 is 19.5 Å². The van der Waals surface area contributed by atoms with Crippen LogP contribution in [0.4, 0.5) is 5.69 Å². The minimum absolute atomic E-state index is 0.0467. The lowest BCUT2D eigenvalue weighted by Crippen LogP contribution is -2.15. The number of rotatable bonds is 8. The zero-order valence-corrected chi connectivity index (χ0v) is 12.5. The predicted molar refractivity (Wildman–Crippen MR) is 78.3 cm³/mol. The van der Waals surface area contributed by atoms with E-state index in [2.05, 4.69) is 10.1 Å². The molecule has 6 nitrogen and oxygen atoms in total. The number of nitrogens with one attached hydrogen (secondary N) is 1. The first kappa shape index (κ1) is 17.0. The number of anilines is 1. The maximum absolute atomic E-state index is 11.8. The summed E-state index contributed by atoms with van der Waals surface area (Å²) in [4.78, 5) is 22.8. The van der Waals surface area contributed by atoms with E-state index in [1.54, 1.807) is 31.4 Å². The van der Waals surface area contributed by atoms with Gasteiger partial charge in [-0.3, -0.25) is 4.79 Å². The van der Waals surface area contributed by atoms with Crippen LogP contribution in [0.3, 0.4) is 0 Å². The van der Waals surface area contributed by atoms with Crippen molar-refractivity contribution >= 4 is 17.6 Å². The highest BCUT2D eigenvalue weighted by molar-refractivity contribution is 5.90. The van der Waals surface area contributed by atoms with Crippen molar-refractivity contribution in [2.24, 2.45) is 0 Å². The number of carbonyl (C=O) groups is 2. The minimum atomic E-state index is -0.460. The summed E-state index contributed by atoms with van der Waals surface area (Å²) < 4.78 is 14.8. The highest BCUT2D eigenvalue weighted by Crippen LogP contribution is 2.17. The lowest BCUT2D eigenvalue weighted by atomic mass is 10.2. The summed E-state index contributed by atoms with van der Waals surface area (Å²) in [5, 5.41) is 2.77. The van der Waals surface area contributed by atoms with Gasteiger partial charge in [-0.15, -0.1) is 0 Å². The molecule has 0 aliphatic heterocycles. The van der Waals surface area contributed by atoms with E-state index in [1.807, 2.05) is 6.92 Å². The molecular formula is C15H21NO5. The first-order valence-electron chi connectivity index (χ1n) is 6.67. The van der Waals surface area contributed by atoms with Crippen molar-refractivity contribution in [3.8, 4) is 5.75 Å². The highest BCUT2D eigenvalue weighted by Gasteiger charge is 2.07. The van der Waals surface area contributed by atoms with Crippen molar-refractivity contribution < 1.29 is 23.8 Å². The summed E-state index contributed by atoms with van der Waals surface area (Å²) in [6.07, 6.45) is 1.08. The Bertz CT molecular complexity index is 475. The van der Waals surface area contributed by atoms with E-state index in [4.69, 9.17) is 9.47 Å². The molecule has 0 saturated carbocycles. The zero-order valence-electron chi connectivity index (χ0n) is 12.5. The lowest BCUT2D eigenvalue weighted by Gasteiger charge is -2.10. The number of hydrogen-bond acceptors (Lipinski definition) is 5. The topological polar surface area (TPSA) is 73.9 Å². The number of benzene rings is 1. The van der Waals surface area contributed by atoms with Gasteiger partial charge in [-0.05, 0) is 25.5 Å². The molecule has 0 bridgehead atoms. The van der Waals surface area contributed by atoms with Gasteiger partial charge in [-0.2, -0.15) is 0 Å². The third kappa shape index (κ3) is 6.76. The SMILES string of the molecule is COC(=O)COc1cccc(NC(=O)CCC(C)OC)c1. The third-order valence-corrected chi connectivity index (χ3v) is 2.88. The molecule has 1 rings (SSSR count). The second-order valence-electron chi connectivity index (χ2n) is 4.53. The predicted octanol–water partition coefficient (Wildman–Crippen LogP) is 1.99. The van der Waals surface area contributed by atoms with Crippen molar-refractivity contribution in [1.29, 1.82) is 0 Å². The third-order valence-electron chi connectivity index (χ3n) is 2.88. The molecule has 1 atom stereocenters. The van der Waals surface area contributed by atoms with E-state index in [0.29, 0.717) is 24.3 Å². The molecule has 21 heavy (non-hydrogen) atoms. The number of hydrogen-bond donors (Lipinski definition) is 1. The second kappa shape index (κ2) is 8.97. The Hall–Kier alpha value is -2.08. The first-order valence-corrected chi connectivity index (χ1v) is 6.67. The van der Waals surface area contributed by atoms with Crippen molar-refractivity contribution in [1.82, 2.24) is 0 Å². The van der Waals surface area contributed by atoms with Gasteiger partial charge in [-0.25, -0.2) is 4.79 Å². The quantitative estimate of drug-likeness (QED) is 0.742. The van der Waals surface area contributed by atoms with Crippen molar-refractivity contribution in [2.75, 3.05) is 26.1 Å². The van der Waals surface area contributed by atoms with Gasteiger partial charge in [-0.1, -0.05) is 6.07 Å². The molecule has 0 aliphatic carbocycles. The van der Waals surface area contributed by atoms with E-state index >= 15 is 0 Å². The molecule has 1 amide bonds. The van der Waals surface area contributed by atoms with E-state index < -0.39 is 5.97 Å². The molecule has 0 heterocycles. The summed E-state index contributed by atoms with van der Waals surface area (Å²) in [5.41, 5.74) is 0.618. The fourth-order valence-corrected chi connectivity index (χ4v) is 1.54. The van der Waals surface area contributed by atoms with E-state index in [1.165, 1.54) is 7.11 Å². The van der Waals surface area contributed by atoms with Crippen LogP contribution in [0.5, 0.6) is 5.75 Å². The smallest absolute Gasteiger partial charge is 0.343 e. The summed E-state index contributed by atoms with van der Waals surface area (Å²) >= 11 is 0. The van der Waals surface area contributed by atoms with Gasteiger partial charge in [0.2, 0.25) is 5.91 Å². The van der Waals surface area contributed by atoms with Crippen molar-refractivity contribution in [3.05, 3.63) is 24.3 Å². The van der Waals surface area contributed by atoms with Crippen LogP contribution in [-0.2, 0) is 19.1 Å². The Kier molecular flexibility index (Phi) is 7.25. The number of carbonyl (C=O) groups excluding carboxylic acids is 2. The maximum Gasteiger partial charge on any atom is 0.343 e. The normalized spacial score (nSPS) is 11.6. The van der Waals surface area contributed by atoms with E-state index in [-0.39, 0.29) is 18.6 Å². The maximum atomic E-state index is 11.8. The van der Waals surface area contributed by atoms with E-state index in [9.17, 15) is 9.59 Å². The number of esters is 1. The molecular weight excluding hydrogens is 274 g/mol. The average molecular weight is 295 g/mol. The van der Waals surface area contributed by atoms with Crippen LogP contribution in [-0.4, -0.2) is 38.8 Å².